The summed E-state index contributed by atoms with van der Waals surface area (Å²) in [4.78, 5) is 11.7. The number of hydrogen-bond donors (Lipinski definition) is 2. The molecule has 1 rings (SSSR count). The molecular weight excluding hydrogens is 224 g/mol. The molecule has 3 heteroatoms. The van der Waals surface area contributed by atoms with Gasteiger partial charge in [-0.15, -0.1) is 0 Å². The SMILES string of the molecule is CCN[C@H](C)CNC(=O)CCCC1CCCCC1. The van der Waals surface area contributed by atoms with Crippen LogP contribution in [0.25, 0.3) is 0 Å². The maximum absolute atomic E-state index is 11.7. The van der Waals surface area contributed by atoms with Gasteiger partial charge in [-0.05, 0) is 32.2 Å². The third-order valence-electron chi connectivity index (χ3n) is 3.90. The molecule has 1 saturated carbocycles. The fourth-order valence-electron chi connectivity index (χ4n) is 2.80. The Hall–Kier alpha value is -0.570. The zero-order valence-electron chi connectivity index (χ0n) is 12.1. The fraction of sp³-hybridized carbons (Fsp3) is 0.933. The van der Waals surface area contributed by atoms with Crippen LogP contribution >= 0.6 is 0 Å². The Kier molecular flexibility index (Phi) is 8.06. The molecule has 1 aliphatic carbocycles. The number of hydrogen-bond acceptors (Lipinski definition) is 2. The molecule has 0 aromatic carbocycles. The van der Waals surface area contributed by atoms with E-state index in [4.69, 9.17) is 0 Å². The Balaban J connectivity index is 1.99. The van der Waals surface area contributed by atoms with Crippen LogP contribution in [-0.2, 0) is 4.79 Å². The summed E-state index contributed by atoms with van der Waals surface area (Å²) < 4.78 is 0. The predicted molar refractivity (Wildman–Crippen MR) is 76.6 cm³/mol. The zero-order chi connectivity index (χ0) is 13.2. The molecule has 2 N–H and O–H groups in total. The van der Waals surface area contributed by atoms with Crippen LogP contribution in [0.5, 0.6) is 0 Å². The number of amides is 1. The second-order valence-corrected chi connectivity index (χ2v) is 5.66. The highest BCUT2D eigenvalue weighted by atomic mass is 16.1. The van der Waals surface area contributed by atoms with Gasteiger partial charge in [0.1, 0.15) is 0 Å². The van der Waals surface area contributed by atoms with Gasteiger partial charge in [0.15, 0.2) is 0 Å². The van der Waals surface area contributed by atoms with Crippen LogP contribution < -0.4 is 10.6 Å². The van der Waals surface area contributed by atoms with Crippen LogP contribution in [0.1, 0.15) is 65.2 Å². The van der Waals surface area contributed by atoms with Gasteiger partial charge < -0.3 is 10.6 Å². The first kappa shape index (κ1) is 15.5. The standard InChI is InChI=1S/C15H30N2O/c1-3-16-13(2)12-17-15(18)11-7-10-14-8-5-4-6-9-14/h13-14,16H,3-12H2,1-2H3,(H,17,18)/t13-/m1/s1. The normalized spacial score (nSPS) is 18.6. The van der Waals surface area contributed by atoms with E-state index in [2.05, 4.69) is 24.5 Å². The Morgan fingerprint density at radius 1 is 1.28 bits per heavy atom. The van der Waals surface area contributed by atoms with Crippen LogP contribution in [0, 0.1) is 5.92 Å². The zero-order valence-corrected chi connectivity index (χ0v) is 12.1. The average molecular weight is 254 g/mol. The van der Waals surface area contributed by atoms with E-state index < -0.39 is 0 Å². The summed E-state index contributed by atoms with van der Waals surface area (Å²) in [6.45, 7) is 5.89. The van der Waals surface area contributed by atoms with Crippen LogP contribution in [0.15, 0.2) is 0 Å². The van der Waals surface area contributed by atoms with Gasteiger partial charge in [0.2, 0.25) is 5.91 Å². The van der Waals surface area contributed by atoms with Gasteiger partial charge >= 0.3 is 0 Å². The number of nitrogens with one attached hydrogen (secondary N) is 2. The molecule has 0 unspecified atom stereocenters. The molecule has 0 heterocycles. The van der Waals surface area contributed by atoms with Crippen molar-refractivity contribution < 1.29 is 4.79 Å². The van der Waals surface area contributed by atoms with Crippen molar-refractivity contribution in [3.05, 3.63) is 0 Å². The molecule has 3 nitrogen and oxygen atoms in total. The summed E-state index contributed by atoms with van der Waals surface area (Å²) in [7, 11) is 0. The largest absolute Gasteiger partial charge is 0.355 e. The monoisotopic (exact) mass is 254 g/mol. The lowest BCUT2D eigenvalue weighted by atomic mass is 9.86. The molecule has 0 radical (unpaired) electrons. The van der Waals surface area contributed by atoms with Crippen LogP contribution in [0.2, 0.25) is 0 Å². The summed E-state index contributed by atoms with van der Waals surface area (Å²) in [5, 5.41) is 6.30. The van der Waals surface area contributed by atoms with Crippen LogP contribution in [-0.4, -0.2) is 25.0 Å². The van der Waals surface area contributed by atoms with Crippen molar-refractivity contribution in [2.75, 3.05) is 13.1 Å². The maximum atomic E-state index is 11.7. The minimum atomic E-state index is 0.218. The maximum Gasteiger partial charge on any atom is 0.220 e. The lowest BCUT2D eigenvalue weighted by Crippen LogP contribution is -2.38. The first-order chi connectivity index (χ1) is 8.72. The molecule has 0 aromatic rings. The Labute approximate surface area is 112 Å². The van der Waals surface area contributed by atoms with E-state index in [1.165, 1.54) is 38.5 Å². The van der Waals surface area contributed by atoms with Crippen molar-refractivity contribution in [1.82, 2.24) is 10.6 Å². The molecule has 18 heavy (non-hydrogen) atoms. The summed E-state index contributed by atoms with van der Waals surface area (Å²) in [6, 6.07) is 0.372. The van der Waals surface area contributed by atoms with E-state index in [1.54, 1.807) is 0 Å². The highest BCUT2D eigenvalue weighted by Crippen LogP contribution is 2.27. The topological polar surface area (TPSA) is 41.1 Å². The van der Waals surface area contributed by atoms with Crippen molar-refractivity contribution in [1.29, 1.82) is 0 Å². The van der Waals surface area contributed by atoms with Gasteiger partial charge in [-0.3, -0.25) is 4.79 Å². The molecule has 1 fully saturated rings. The van der Waals surface area contributed by atoms with Gasteiger partial charge in [0, 0.05) is 19.0 Å². The van der Waals surface area contributed by atoms with E-state index in [-0.39, 0.29) is 5.91 Å². The van der Waals surface area contributed by atoms with Gasteiger partial charge in [0.05, 0.1) is 0 Å². The van der Waals surface area contributed by atoms with E-state index in [9.17, 15) is 4.79 Å². The molecule has 0 spiro atoms. The second-order valence-electron chi connectivity index (χ2n) is 5.66. The fourth-order valence-corrected chi connectivity index (χ4v) is 2.80. The van der Waals surface area contributed by atoms with Crippen molar-refractivity contribution >= 4 is 5.91 Å². The van der Waals surface area contributed by atoms with Crippen molar-refractivity contribution in [2.45, 2.75) is 71.3 Å². The number of carbonyl (C=O) groups excluding carboxylic acids is 1. The van der Waals surface area contributed by atoms with Gasteiger partial charge in [-0.25, -0.2) is 0 Å². The molecule has 1 atom stereocenters. The Bertz CT molecular complexity index is 225. The van der Waals surface area contributed by atoms with Gasteiger partial charge in [0.25, 0.3) is 0 Å². The van der Waals surface area contributed by atoms with Crippen LogP contribution in [0.3, 0.4) is 0 Å². The third-order valence-corrected chi connectivity index (χ3v) is 3.90. The highest BCUT2D eigenvalue weighted by molar-refractivity contribution is 5.75. The number of likely N-dealkylation sites (N-methyl/N-ethyl adjacent to an activating group) is 1. The smallest absolute Gasteiger partial charge is 0.220 e. The highest BCUT2D eigenvalue weighted by Gasteiger charge is 2.13. The van der Waals surface area contributed by atoms with E-state index in [0.29, 0.717) is 12.5 Å². The molecular formula is C15H30N2O. The summed E-state index contributed by atoms with van der Waals surface area (Å²) >= 11 is 0. The van der Waals surface area contributed by atoms with Crippen molar-refractivity contribution in [2.24, 2.45) is 5.92 Å². The summed E-state index contributed by atoms with van der Waals surface area (Å²) in [5.41, 5.74) is 0. The molecule has 0 bridgehead atoms. The molecule has 1 aliphatic rings. The lowest BCUT2D eigenvalue weighted by Gasteiger charge is -2.21. The average Bonchev–Trinajstić information content (AvgIpc) is 2.38. The minimum Gasteiger partial charge on any atom is -0.355 e. The summed E-state index contributed by atoms with van der Waals surface area (Å²) in [5.74, 6) is 1.11. The van der Waals surface area contributed by atoms with E-state index in [1.807, 2.05) is 0 Å². The van der Waals surface area contributed by atoms with Gasteiger partial charge in [-0.1, -0.05) is 39.0 Å². The predicted octanol–water partition coefficient (Wildman–Crippen LogP) is 2.85. The second kappa shape index (κ2) is 9.37. The first-order valence-corrected chi connectivity index (χ1v) is 7.72. The number of carbonyl (C=O) groups is 1. The Morgan fingerprint density at radius 3 is 2.67 bits per heavy atom. The molecule has 106 valence electrons. The van der Waals surface area contributed by atoms with Crippen molar-refractivity contribution in [3.8, 4) is 0 Å². The molecule has 0 aliphatic heterocycles. The minimum absolute atomic E-state index is 0.218. The molecule has 0 saturated heterocycles. The Morgan fingerprint density at radius 2 is 2.00 bits per heavy atom. The van der Waals surface area contributed by atoms with Crippen molar-refractivity contribution in [3.63, 3.8) is 0 Å². The first-order valence-electron chi connectivity index (χ1n) is 7.72. The van der Waals surface area contributed by atoms with E-state index >= 15 is 0 Å². The third kappa shape index (κ3) is 7.00. The summed E-state index contributed by atoms with van der Waals surface area (Å²) in [6.07, 6.45) is 10.0. The van der Waals surface area contributed by atoms with Crippen LogP contribution in [0.4, 0.5) is 0 Å². The van der Waals surface area contributed by atoms with E-state index in [0.717, 1.165) is 25.4 Å². The lowest BCUT2D eigenvalue weighted by molar-refractivity contribution is -0.121. The quantitative estimate of drug-likeness (QED) is 0.699. The molecule has 0 aromatic heterocycles. The van der Waals surface area contributed by atoms with Gasteiger partial charge in [-0.2, -0.15) is 0 Å². The molecule has 1 amide bonds. The number of rotatable bonds is 8.